The molecule has 0 unspecified atom stereocenters. The van der Waals surface area contributed by atoms with E-state index < -0.39 is 0 Å². The maximum Gasteiger partial charge on any atom is 0.247 e. The van der Waals surface area contributed by atoms with E-state index in [9.17, 15) is 0 Å². The van der Waals surface area contributed by atoms with Gasteiger partial charge in [-0.25, -0.2) is 4.85 Å². The molecule has 2 N–H and O–H groups in total. The molecule has 0 spiro atoms. The zero-order valence-electron chi connectivity index (χ0n) is 7.38. The van der Waals surface area contributed by atoms with Crippen LogP contribution >= 0.6 is 0 Å². The summed E-state index contributed by atoms with van der Waals surface area (Å²) in [6.45, 7) is 6.85. The van der Waals surface area contributed by atoms with Crippen LogP contribution in [0.2, 0.25) is 0 Å². The van der Waals surface area contributed by atoms with Gasteiger partial charge >= 0.3 is 0 Å². The van der Waals surface area contributed by atoms with Crippen molar-refractivity contribution < 1.29 is 0 Å². The number of benzene rings is 1. The molecule has 0 saturated carbocycles. The molecule has 0 fully saturated rings. The van der Waals surface area contributed by atoms with Gasteiger partial charge in [-0.3, -0.25) is 4.68 Å². The Hall–Kier alpha value is -2.28. The van der Waals surface area contributed by atoms with Crippen LogP contribution in [0.15, 0.2) is 36.5 Å². The summed E-state index contributed by atoms with van der Waals surface area (Å²) in [5, 5.41) is 4.03. The lowest BCUT2D eigenvalue weighted by atomic mass is 10.3. The van der Waals surface area contributed by atoms with Gasteiger partial charge in [0.05, 0.1) is 12.3 Å². The first-order chi connectivity index (χ1) is 6.81. The fourth-order valence-electron chi connectivity index (χ4n) is 1.18. The number of para-hydroxylation sites is 1. The molecule has 2 aromatic rings. The highest BCUT2D eigenvalue weighted by atomic mass is 15.3. The van der Waals surface area contributed by atoms with E-state index in [4.69, 9.17) is 12.3 Å². The van der Waals surface area contributed by atoms with Gasteiger partial charge in [-0.05, 0) is 12.1 Å². The lowest BCUT2D eigenvalue weighted by Gasteiger charge is -1.98. The number of anilines is 1. The Bertz CT molecular complexity index is 479. The molecule has 0 aliphatic carbocycles. The fourth-order valence-corrected chi connectivity index (χ4v) is 1.18. The summed E-state index contributed by atoms with van der Waals surface area (Å²) in [5.74, 6) is 0.267. The summed E-state index contributed by atoms with van der Waals surface area (Å²) in [6.07, 6.45) is 1.62. The van der Waals surface area contributed by atoms with Crippen molar-refractivity contribution in [3.63, 3.8) is 0 Å². The molecular formula is C10H8N4. The highest BCUT2D eigenvalue weighted by Gasteiger charge is 2.05. The predicted molar refractivity (Wildman–Crippen MR) is 54.2 cm³/mol. The van der Waals surface area contributed by atoms with Gasteiger partial charge in [0.25, 0.3) is 0 Å². The van der Waals surface area contributed by atoms with E-state index in [1.54, 1.807) is 10.9 Å². The SMILES string of the molecule is [C-]#[N+]c1cn(-c2ccccc2)nc1N. The Kier molecular flexibility index (Phi) is 1.92. The van der Waals surface area contributed by atoms with Crippen molar-refractivity contribution >= 4 is 11.5 Å². The van der Waals surface area contributed by atoms with Gasteiger partial charge in [0.15, 0.2) is 5.82 Å². The van der Waals surface area contributed by atoms with Gasteiger partial charge in [-0.1, -0.05) is 18.2 Å². The van der Waals surface area contributed by atoms with Crippen molar-refractivity contribution in [2.24, 2.45) is 0 Å². The zero-order chi connectivity index (χ0) is 9.97. The molecule has 0 amide bonds. The molecule has 1 heterocycles. The van der Waals surface area contributed by atoms with Crippen molar-refractivity contribution in [3.8, 4) is 5.69 Å². The van der Waals surface area contributed by atoms with Gasteiger partial charge in [0, 0.05) is 6.20 Å². The van der Waals surface area contributed by atoms with E-state index in [1.807, 2.05) is 30.3 Å². The highest BCUT2D eigenvalue weighted by Crippen LogP contribution is 2.21. The van der Waals surface area contributed by atoms with E-state index in [0.29, 0.717) is 5.69 Å². The first-order valence-corrected chi connectivity index (χ1v) is 4.09. The summed E-state index contributed by atoms with van der Waals surface area (Å²) < 4.78 is 1.60. The minimum atomic E-state index is 0.267. The largest absolute Gasteiger partial charge is 0.391 e. The molecular weight excluding hydrogens is 176 g/mol. The Morgan fingerprint density at radius 2 is 2.00 bits per heavy atom. The van der Waals surface area contributed by atoms with Crippen LogP contribution in [0, 0.1) is 6.57 Å². The molecule has 14 heavy (non-hydrogen) atoms. The third-order valence-corrected chi connectivity index (χ3v) is 1.86. The van der Waals surface area contributed by atoms with Gasteiger partial charge in [-0.15, -0.1) is 0 Å². The Morgan fingerprint density at radius 1 is 1.29 bits per heavy atom. The zero-order valence-corrected chi connectivity index (χ0v) is 7.38. The lowest BCUT2D eigenvalue weighted by Crippen LogP contribution is -1.95. The number of nitrogens with two attached hydrogens (primary N) is 1. The van der Waals surface area contributed by atoms with Crippen LogP contribution in [0.1, 0.15) is 0 Å². The topological polar surface area (TPSA) is 48.2 Å². The molecule has 0 aliphatic heterocycles. The average Bonchev–Trinajstić information content (AvgIpc) is 2.61. The van der Waals surface area contributed by atoms with Crippen molar-refractivity contribution in [1.29, 1.82) is 0 Å². The van der Waals surface area contributed by atoms with Gasteiger partial charge in [-0.2, -0.15) is 5.10 Å². The second-order valence-corrected chi connectivity index (χ2v) is 2.79. The number of aromatic nitrogens is 2. The predicted octanol–water partition coefficient (Wildman–Crippen LogP) is 2.01. The number of nitrogens with zero attached hydrogens (tertiary/aromatic N) is 3. The molecule has 4 nitrogen and oxygen atoms in total. The molecule has 0 aliphatic rings. The van der Waals surface area contributed by atoms with Crippen LogP contribution in [0.25, 0.3) is 10.5 Å². The van der Waals surface area contributed by atoms with Crippen LogP contribution in [-0.2, 0) is 0 Å². The third kappa shape index (κ3) is 1.31. The third-order valence-electron chi connectivity index (χ3n) is 1.86. The van der Waals surface area contributed by atoms with Crippen LogP contribution in [0.5, 0.6) is 0 Å². The van der Waals surface area contributed by atoms with E-state index in [1.165, 1.54) is 0 Å². The molecule has 0 atom stereocenters. The van der Waals surface area contributed by atoms with E-state index in [0.717, 1.165) is 5.69 Å². The van der Waals surface area contributed by atoms with Crippen LogP contribution in [0.3, 0.4) is 0 Å². The van der Waals surface area contributed by atoms with Crippen LogP contribution in [0.4, 0.5) is 11.5 Å². The Balaban J connectivity index is 2.50. The summed E-state index contributed by atoms with van der Waals surface area (Å²) >= 11 is 0. The molecule has 0 bridgehead atoms. The maximum absolute atomic E-state index is 6.85. The quantitative estimate of drug-likeness (QED) is 0.689. The van der Waals surface area contributed by atoms with E-state index in [-0.39, 0.29) is 5.82 Å². The minimum absolute atomic E-state index is 0.267. The first-order valence-electron chi connectivity index (χ1n) is 4.09. The normalized spacial score (nSPS) is 9.64. The van der Waals surface area contributed by atoms with Crippen molar-refractivity contribution in [1.82, 2.24) is 9.78 Å². The van der Waals surface area contributed by atoms with Gasteiger partial charge in [0.2, 0.25) is 5.69 Å². The number of nitrogen functional groups attached to an aromatic ring is 1. The Labute approximate surface area is 81.4 Å². The molecule has 2 rings (SSSR count). The smallest absolute Gasteiger partial charge is 0.247 e. The summed E-state index contributed by atoms with van der Waals surface area (Å²) in [5.41, 5.74) is 6.82. The lowest BCUT2D eigenvalue weighted by molar-refractivity contribution is 0.886. The maximum atomic E-state index is 6.85. The number of rotatable bonds is 1. The monoisotopic (exact) mass is 184 g/mol. The first kappa shape index (κ1) is 8.32. The second-order valence-electron chi connectivity index (χ2n) is 2.79. The molecule has 68 valence electrons. The van der Waals surface area contributed by atoms with Crippen molar-refractivity contribution in [2.75, 3.05) is 5.73 Å². The van der Waals surface area contributed by atoms with Crippen molar-refractivity contribution in [3.05, 3.63) is 47.9 Å². The minimum Gasteiger partial charge on any atom is -0.391 e. The number of hydrogen-bond acceptors (Lipinski definition) is 2. The summed E-state index contributed by atoms with van der Waals surface area (Å²) in [7, 11) is 0. The average molecular weight is 184 g/mol. The summed E-state index contributed by atoms with van der Waals surface area (Å²) in [6, 6.07) is 9.54. The van der Waals surface area contributed by atoms with Gasteiger partial charge < -0.3 is 5.73 Å². The molecule has 0 radical (unpaired) electrons. The van der Waals surface area contributed by atoms with Crippen LogP contribution < -0.4 is 5.73 Å². The number of hydrogen-bond donors (Lipinski definition) is 1. The second kappa shape index (κ2) is 3.23. The Morgan fingerprint density at radius 3 is 2.57 bits per heavy atom. The van der Waals surface area contributed by atoms with Crippen molar-refractivity contribution in [2.45, 2.75) is 0 Å². The molecule has 4 heteroatoms. The van der Waals surface area contributed by atoms with E-state index >= 15 is 0 Å². The fraction of sp³-hybridized carbons (Fsp3) is 0. The molecule has 1 aromatic heterocycles. The van der Waals surface area contributed by atoms with E-state index in [2.05, 4.69) is 9.94 Å². The molecule has 1 aromatic carbocycles. The van der Waals surface area contributed by atoms with Gasteiger partial charge in [0.1, 0.15) is 0 Å². The van der Waals surface area contributed by atoms with Crippen LogP contribution in [-0.4, -0.2) is 9.78 Å². The standard InChI is InChI=1S/C10H8N4/c1-12-9-7-14(13-10(9)11)8-5-3-2-4-6-8/h2-7H,(H2,11,13). The summed E-state index contributed by atoms with van der Waals surface area (Å²) in [4.78, 5) is 3.26. The highest BCUT2D eigenvalue weighted by molar-refractivity contribution is 5.62. The molecule has 0 saturated heterocycles.